The van der Waals surface area contributed by atoms with E-state index in [0.717, 1.165) is 31.5 Å². The zero-order valence-electron chi connectivity index (χ0n) is 12.5. The van der Waals surface area contributed by atoms with Crippen LogP contribution in [0.4, 0.5) is 0 Å². The number of thiophene rings is 1. The molecule has 1 aliphatic heterocycles. The number of carbonyl (C=O) groups excluding carboxylic acids is 1. The number of hydrogen-bond acceptors (Lipinski definition) is 6. The van der Waals surface area contributed by atoms with E-state index in [4.69, 9.17) is 9.26 Å². The molecule has 0 N–H and O–H groups in total. The summed E-state index contributed by atoms with van der Waals surface area (Å²) in [7, 11) is 1.55. The minimum Gasteiger partial charge on any atom is -0.375 e. The number of methoxy groups -OCH3 is 1. The number of hydrogen-bond donors (Lipinski definition) is 0. The van der Waals surface area contributed by atoms with Gasteiger partial charge in [0.1, 0.15) is 6.61 Å². The molecule has 7 heteroatoms. The first-order valence-electron chi connectivity index (χ1n) is 7.38. The van der Waals surface area contributed by atoms with Gasteiger partial charge in [0.05, 0.1) is 0 Å². The maximum atomic E-state index is 11.9. The summed E-state index contributed by atoms with van der Waals surface area (Å²) < 4.78 is 10.3. The van der Waals surface area contributed by atoms with Crippen LogP contribution in [-0.4, -0.2) is 47.8 Å². The van der Waals surface area contributed by atoms with Gasteiger partial charge in [0, 0.05) is 37.6 Å². The Hall–Kier alpha value is -1.73. The molecule has 1 saturated heterocycles. The lowest BCUT2D eigenvalue weighted by atomic mass is 9.95. The highest BCUT2D eigenvalue weighted by molar-refractivity contribution is 7.08. The molecule has 0 aromatic carbocycles. The van der Waals surface area contributed by atoms with Crippen molar-refractivity contribution in [2.45, 2.75) is 19.3 Å². The Bertz CT molecular complexity index is 611. The van der Waals surface area contributed by atoms with E-state index in [1.54, 1.807) is 18.4 Å². The van der Waals surface area contributed by atoms with E-state index in [2.05, 4.69) is 10.1 Å². The Labute approximate surface area is 133 Å². The highest BCUT2D eigenvalue weighted by Gasteiger charge is 2.25. The van der Waals surface area contributed by atoms with E-state index in [-0.39, 0.29) is 12.5 Å². The number of piperidine rings is 1. The molecule has 22 heavy (non-hydrogen) atoms. The second-order valence-electron chi connectivity index (χ2n) is 5.51. The minimum atomic E-state index is 0.0525. The van der Waals surface area contributed by atoms with E-state index < -0.39 is 0 Å². The summed E-state index contributed by atoms with van der Waals surface area (Å²) in [6.45, 7) is 1.69. The average molecular weight is 321 g/mol. The van der Waals surface area contributed by atoms with Crippen LogP contribution in [-0.2, 0) is 16.0 Å². The lowest BCUT2D eigenvalue weighted by Crippen LogP contribution is -2.42. The summed E-state index contributed by atoms with van der Waals surface area (Å²) in [5.41, 5.74) is 0.987. The summed E-state index contributed by atoms with van der Waals surface area (Å²) in [5, 5.41) is 8.02. The van der Waals surface area contributed by atoms with Gasteiger partial charge in [-0.25, -0.2) is 0 Å². The van der Waals surface area contributed by atoms with Gasteiger partial charge in [-0.15, -0.1) is 0 Å². The van der Waals surface area contributed by atoms with Crippen molar-refractivity contribution in [2.75, 3.05) is 26.8 Å². The van der Waals surface area contributed by atoms with Crippen molar-refractivity contribution in [3.8, 4) is 11.4 Å². The van der Waals surface area contributed by atoms with Gasteiger partial charge in [0.25, 0.3) is 0 Å². The quantitative estimate of drug-likeness (QED) is 0.844. The van der Waals surface area contributed by atoms with Gasteiger partial charge in [0.15, 0.2) is 0 Å². The third-order valence-electron chi connectivity index (χ3n) is 3.85. The van der Waals surface area contributed by atoms with Gasteiger partial charge in [-0.1, -0.05) is 5.16 Å². The Morgan fingerprint density at radius 2 is 2.50 bits per heavy atom. The molecular weight excluding hydrogens is 302 g/mol. The number of carbonyl (C=O) groups is 1. The molecular formula is C15H19N3O3S. The van der Waals surface area contributed by atoms with E-state index in [1.165, 1.54) is 0 Å². The molecule has 0 spiro atoms. The van der Waals surface area contributed by atoms with Crippen molar-refractivity contribution in [1.29, 1.82) is 0 Å². The highest BCUT2D eigenvalue weighted by atomic mass is 32.1. The van der Waals surface area contributed by atoms with Crippen LogP contribution in [0.5, 0.6) is 0 Å². The molecule has 0 saturated carbocycles. The molecule has 2 aromatic heterocycles. The standard InChI is InChI=1S/C15H19N3O3S/c1-20-9-14(19)18-5-2-3-11(8-18)7-13-16-15(17-21-13)12-4-6-22-10-12/h4,6,10-11H,2-3,5,7-9H2,1H3. The average Bonchev–Trinajstić information content (AvgIpc) is 3.18. The molecule has 3 rings (SSSR count). The van der Waals surface area contributed by atoms with E-state index in [9.17, 15) is 4.79 Å². The van der Waals surface area contributed by atoms with E-state index >= 15 is 0 Å². The zero-order chi connectivity index (χ0) is 15.4. The lowest BCUT2D eigenvalue weighted by Gasteiger charge is -2.32. The molecule has 6 nitrogen and oxygen atoms in total. The van der Waals surface area contributed by atoms with Crippen molar-refractivity contribution in [3.05, 3.63) is 22.7 Å². The van der Waals surface area contributed by atoms with Crippen LogP contribution in [0, 0.1) is 5.92 Å². The van der Waals surface area contributed by atoms with Gasteiger partial charge < -0.3 is 14.2 Å². The molecule has 118 valence electrons. The zero-order valence-corrected chi connectivity index (χ0v) is 13.3. The molecule has 1 unspecified atom stereocenters. The maximum absolute atomic E-state index is 11.9. The summed E-state index contributed by atoms with van der Waals surface area (Å²) >= 11 is 1.61. The first-order chi connectivity index (χ1) is 10.8. The third-order valence-corrected chi connectivity index (χ3v) is 4.53. The van der Waals surface area contributed by atoms with Gasteiger partial charge in [-0.05, 0) is 30.2 Å². The van der Waals surface area contributed by atoms with Crippen LogP contribution in [0.2, 0.25) is 0 Å². The van der Waals surface area contributed by atoms with Crippen LogP contribution in [0.3, 0.4) is 0 Å². The Balaban J connectivity index is 1.60. The third kappa shape index (κ3) is 3.53. The number of aromatic nitrogens is 2. The highest BCUT2D eigenvalue weighted by Crippen LogP contribution is 2.23. The van der Waals surface area contributed by atoms with Crippen molar-refractivity contribution >= 4 is 17.2 Å². The van der Waals surface area contributed by atoms with Crippen LogP contribution in [0.25, 0.3) is 11.4 Å². The number of rotatable bonds is 5. The van der Waals surface area contributed by atoms with E-state index in [1.807, 2.05) is 21.7 Å². The maximum Gasteiger partial charge on any atom is 0.248 e. The first-order valence-corrected chi connectivity index (χ1v) is 8.32. The van der Waals surface area contributed by atoms with Gasteiger partial charge in [-0.3, -0.25) is 4.79 Å². The first kappa shape index (κ1) is 15.2. The molecule has 1 amide bonds. The monoisotopic (exact) mass is 321 g/mol. The molecule has 1 atom stereocenters. The topological polar surface area (TPSA) is 68.5 Å². The fourth-order valence-corrected chi connectivity index (χ4v) is 3.40. The fourth-order valence-electron chi connectivity index (χ4n) is 2.77. The Morgan fingerprint density at radius 3 is 3.27 bits per heavy atom. The summed E-state index contributed by atoms with van der Waals surface area (Å²) in [6.07, 6.45) is 2.80. The second kappa shape index (κ2) is 7.02. The molecule has 3 heterocycles. The number of likely N-dealkylation sites (tertiary alicyclic amines) is 1. The predicted octanol–water partition coefficient (Wildman–Crippen LogP) is 2.23. The van der Waals surface area contributed by atoms with Gasteiger partial charge in [-0.2, -0.15) is 16.3 Å². The number of amides is 1. The smallest absolute Gasteiger partial charge is 0.248 e. The number of nitrogens with zero attached hydrogens (tertiary/aromatic N) is 3. The normalized spacial score (nSPS) is 18.6. The van der Waals surface area contributed by atoms with Crippen molar-refractivity contribution in [1.82, 2.24) is 15.0 Å². The lowest BCUT2D eigenvalue weighted by molar-refractivity contribution is -0.137. The molecule has 0 aliphatic carbocycles. The van der Waals surface area contributed by atoms with Crippen LogP contribution in [0.15, 0.2) is 21.3 Å². The molecule has 2 aromatic rings. The van der Waals surface area contributed by atoms with Crippen LogP contribution >= 0.6 is 11.3 Å². The van der Waals surface area contributed by atoms with Crippen molar-refractivity contribution < 1.29 is 14.1 Å². The Kier molecular flexibility index (Phi) is 4.84. The molecule has 0 bridgehead atoms. The second-order valence-corrected chi connectivity index (χ2v) is 6.29. The van der Waals surface area contributed by atoms with Gasteiger partial charge >= 0.3 is 0 Å². The van der Waals surface area contributed by atoms with Crippen LogP contribution < -0.4 is 0 Å². The van der Waals surface area contributed by atoms with Crippen LogP contribution in [0.1, 0.15) is 18.7 Å². The molecule has 1 aliphatic rings. The number of ether oxygens (including phenoxy) is 1. The molecule has 0 radical (unpaired) electrons. The fraction of sp³-hybridized carbons (Fsp3) is 0.533. The van der Waals surface area contributed by atoms with Crippen molar-refractivity contribution in [3.63, 3.8) is 0 Å². The summed E-state index contributed by atoms with van der Waals surface area (Å²) in [4.78, 5) is 18.2. The van der Waals surface area contributed by atoms with Gasteiger partial charge in [0.2, 0.25) is 17.6 Å². The minimum absolute atomic E-state index is 0.0525. The SMILES string of the molecule is COCC(=O)N1CCCC(Cc2nc(-c3ccsc3)no2)C1. The van der Waals surface area contributed by atoms with Crippen molar-refractivity contribution in [2.24, 2.45) is 5.92 Å². The predicted molar refractivity (Wildman–Crippen MR) is 82.5 cm³/mol. The largest absolute Gasteiger partial charge is 0.375 e. The van der Waals surface area contributed by atoms with E-state index in [0.29, 0.717) is 24.1 Å². The Morgan fingerprint density at radius 1 is 1.59 bits per heavy atom. The summed E-state index contributed by atoms with van der Waals surface area (Å²) in [6, 6.07) is 1.98. The molecule has 1 fully saturated rings. The summed E-state index contributed by atoms with van der Waals surface area (Å²) in [5.74, 6) is 1.70.